The van der Waals surface area contributed by atoms with E-state index in [0.29, 0.717) is 6.42 Å². The average molecular weight is 269 g/mol. The van der Waals surface area contributed by atoms with Crippen molar-refractivity contribution in [1.29, 1.82) is 0 Å². The van der Waals surface area contributed by atoms with Crippen LogP contribution in [-0.2, 0) is 19.2 Å². The van der Waals surface area contributed by atoms with E-state index in [-0.39, 0.29) is 22.7 Å². The molecule has 0 N–H and O–H groups in total. The molecule has 0 aromatic rings. The van der Waals surface area contributed by atoms with Crippen LogP contribution in [0.15, 0.2) is 0 Å². The van der Waals surface area contributed by atoms with Crippen molar-refractivity contribution in [2.75, 3.05) is 14.2 Å². The van der Waals surface area contributed by atoms with Gasteiger partial charge in [0.05, 0.1) is 18.9 Å². The van der Waals surface area contributed by atoms with Gasteiger partial charge in [0.25, 0.3) is 5.91 Å². The third-order valence-electron chi connectivity index (χ3n) is 4.09. The molecule has 0 aromatic heterocycles. The Bertz CT molecular complexity index is 390. The number of nitrogens with zero attached hydrogens (tertiary/aromatic N) is 1. The second-order valence-corrected chi connectivity index (χ2v) is 7.06. The molecule has 108 valence electrons. The molecule has 3 aliphatic rings. The van der Waals surface area contributed by atoms with E-state index in [4.69, 9.17) is 9.57 Å². The molecule has 0 unspecified atom stereocenters. The molecule has 0 atom stereocenters. The Hall–Kier alpha value is -1.10. The van der Waals surface area contributed by atoms with E-state index in [1.165, 1.54) is 12.2 Å². The lowest BCUT2D eigenvalue weighted by Gasteiger charge is -2.69. The van der Waals surface area contributed by atoms with Gasteiger partial charge in [0.2, 0.25) is 0 Å². The normalized spacial score (nSPS) is 32.1. The molecule has 3 aliphatic carbocycles. The molecule has 0 saturated heterocycles. The van der Waals surface area contributed by atoms with E-state index in [9.17, 15) is 9.59 Å². The van der Waals surface area contributed by atoms with Crippen molar-refractivity contribution in [1.82, 2.24) is 5.06 Å². The van der Waals surface area contributed by atoms with Crippen LogP contribution in [0.1, 0.15) is 46.5 Å². The molecule has 3 saturated carbocycles. The number of hydrogen-bond donors (Lipinski definition) is 0. The lowest BCUT2D eigenvalue weighted by molar-refractivity contribution is -0.243. The molecule has 5 nitrogen and oxygen atoms in total. The van der Waals surface area contributed by atoms with Crippen molar-refractivity contribution in [2.24, 2.45) is 10.8 Å². The summed E-state index contributed by atoms with van der Waals surface area (Å²) in [7, 11) is 3.11. The SMILES string of the molecule is CON(C)C(=O)C12CC(CC(=O)OC(C)(C)C)(C1)C2. The Balaban J connectivity index is 1.84. The predicted octanol–water partition coefficient (Wildman–Crippen LogP) is 1.91. The lowest BCUT2D eigenvalue weighted by atomic mass is 9.34. The highest BCUT2D eigenvalue weighted by atomic mass is 16.7. The van der Waals surface area contributed by atoms with Crippen LogP contribution in [-0.4, -0.2) is 36.7 Å². The molecule has 0 spiro atoms. The first-order valence-corrected chi connectivity index (χ1v) is 6.66. The minimum Gasteiger partial charge on any atom is -0.460 e. The van der Waals surface area contributed by atoms with Crippen LogP contribution >= 0.6 is 0 Å². The Morgan fingerprint density at radius 1 is 1.21 bits per heavy atom. The summed E-state index contributed by atoms with van der Waals surface area (Å²) in [5, 5.41) is 1.29. The third kappa shape index (κ3) is 2.48. The minimum atomic E-state index is -0.440. The maximum absolute atomic E-state index is 12.1. The van der Waals surface area contributed by atoms with Crippen LogP contribution in [0.25, 0.3) is 0 Å². The molecule has 2 bridgehead atoms. The topological polar surface area (TPSA) is 55.8 Å². The highest BCUT2D eigenvalue weighted by molar-refractivity contribution is 5.86. The Morgan fingerprint density at radius 2 is 1.74 bits per heavy atom. The Kier molecular flexibility index (Phi) is 3.16. The second-order valence-electron chi connectivity index (χ2n) is 7.06. The summed E-state index contributed by atoms with van der Waals surface area (Å²) >= 11 is 0. The number of carbonyl (C=O) groups is 2. The van der Waals surface area contributed by atoms with Crippen molar-refractivity contribution >= 4 is 11.9 Å². The van der Waals surface area contributed by atoms with Gasteiger partial charge in [-0.25, -0.2) is 5.06 Å². The van der Waals surface area contributed by atoms with Crippen LogP contribution in [0.5, 0.6) is 0 Å². The number of esters is 1. The quantitative estimate of drug-likeness (QED) is 0.578. The molecular weight excluding hydrogens is 246 g/mol. The summed E-state index contributed by atoms with van der Waals surface area (Å²) in [6.45, 7) is 5.60. The summed E-state index contributed by atoms with van der Waals surface area (Å²) < 4.78 is 5.34. The molecule has 0 heterocycles. The fraction of sp³-hybridized carbons (Fsp3) is 0.857. The fourth-order valence-electron chi connectivity index (χ4n) is 3.51. The average Bonchev–Trinajstić information content (AvgIpc) is 2.16. The zero-order valence-corrected chi connectivity index (χ0v) is 12.4. The molecule has 3 rings (SSSR count). The molecule has 0 aliphatic heterocycles. The van der Waals surface area contributed by atoms with Crippen LogP contribution in [0.3, 0.4) is 0 Å². The fourth-order valence-corrected chi connectivity index (χ4v) is 3.51. The van der Waals surface area contributed by atoms with Gasteiger partial charge in [-0.15, -0.1) is 0 Å². The van der Waals surface area contributed by atoms with Gasteiger partial charge in [0, 0.05) is 7.05 Å². The van der Waals surface area contributed by atoms with Gasteiger partial charge in [0.1, 0.15) is 5.60 Å². The zero-order chi connectivity index (χ0) is 14.5. The molecule has 0 aromatic carbocycles. The smallest absolute Gasteiger partial charge is 0.306 e. The summed E-state index contributed by atoms with van der Waals surface area (Å²) in [6.07, 6.45) is 2.78. The first-order chi connectivity index (χ1) is 8.61. The number of ether oxygens (including phenoxy) is 1. The van der Waals surface area contributed by atoms with Crippen molar-refractivity contribution in [3.63, 3.8) is 0 Å². The van der Waals surface area contributed by atoms with Crippen LogP contribution < -0.4 is 0 Å². The summed E-state index contributed by atoms with van der Waals surface area (Å²) in [5.74, 6) is -0.130. The highest BCUT2D eigenvalue weighted by Crippen LogP contribution is 2.75. The van der Waals surface area contributed by atoms with E-state index in [2.05, 4.69) is 0 Å². The monoisotopic (exact) mass is 269 g/mol. The maximum Gasteiger partial charge on any atom is 0.306 e. The third-order valence-corrected chi connectivity index (χ3v) is 4.09. The summed E-state index contributed by atoms with van der Waals surface area (Å²) in [4.78, 5) is 28.8. The van der Waals surface area contributed by atoms with E-state index < -0.39 is 5.60 Å². The van der Waals surface area contributed by atoms with Crippen LogP contribution in [0, 0.1) is 10.8 Å². The minimum absolute atomic E-state index is 0.00652. The number of hydrogen-bond acceptors (Lipinski definition) is 4. The van der Waals surface area contributed by atoms with Crippen molar-refractivity contribution < 1.29 is 19.2 Å². The van der Waals surface area contributed by atoms with Gasteiger partial charge < -0.3 is 4.74 Å². The van der Waals surface area contributed by atoms with Crippen molar-refractivity contribution in [3.05, 3.63) is 0 Å². The first kappa shape index (κ1) is 14.3. The van der Waals surface area contributed by atoms with Crippen LogP contribution in [0.4, 0.5) is 0 Å². The van der Waals surface area contributed by atoms with E-state index in [1.807, 2.05) is 20.8 Å². The largest absolute Gasteiger partial charge is 0.460 e. The highest BCUT2D eigenvalue weighted by Gasteiger charge is 2.72. The Labute approximate surface area is 114 Å². The van der Waals surface area contributed by atoms with E-state index in [0.717, 1.165) is 19.3 Å². The molecule has 1 amide bonds. The van der Waals surface area contributed by atoms with Crippen molar-refractivity contribution in [3.8, 4) is 0 Å². The standard InChI is InChI=1S/C14H23NO4/c1-12(2,3)19-10(16)6-13-7-14(8-13,9-13)11(17)15(4)18-5/h6-9H2,1-5H3. The first-order valence-electron chi connectivity index (χ1n) is 6.66. The van der Waals surface area contributed by atoms with Gasteiger partial charge in [-0.1, -0.05) is 0 Å². The van der Waals surface area contributed by atoms with Crippen molar-refractivity contribution in [2.45, 2.75) is 52.1 Å². The molecule has 0 radical (unpaired) electrons. The van der Waals surface area contributed by atoms with E-state index in [1.54, 1.807) is 7.05 Å². The number of carbonyl (C=O) groups excluding carboxylic acids is 2. The number of hydroxylamine groups is 2. The summed E-state index contributed by atoms with van der Waals surface area (Å²) in [6, 6.07) is 0. The van der Waals surface area contributed by atoms with Gasteiger partial charge in [-0.05, 0) is 45.4 Å². The number of amides is 1. The van der Waals surface area contributed by atoms with Gasteiger partial charge in [-0.2, -0.15) is 0 Å². The van der Waals surface area contributed by atoms with Gasteiger partial charge in [0.15, 0.2) is 0 Å². The molecule has 19 heavy (non-hydrogen) atoms. The molecule has 5 heteroatoms. The van der Waals surface area contributed by atoms with Gasteiger partial charge in [-0.3, -0.25) is 14.4 Å². The molecule has 3 fully saturated rings. The lowest BCUT2D eigenvalue weighted by Crippen LogP contribution is -2.68. The van der Waals surface area contributed by atoms with Crippen LogP contribution in [0.2, 0.25) is 0 Å². The second kappa shape index (κ2) is 4.20. The predicted molar refractivity (Wildman–Crippen MR) is 69.0 cm³/mol. The van der Waals surface area contributed by atoms with E-state index >= 15 is 0 Å². The number of rotatable bonds is 4. The maximum atomic E-state index is 12.1. The Morgan fingerprint density at radius 3 is 2.16 bits per heavy atom. The van der Waals surface area contributed by atoms with Gasteiger partial charge >= 0.3 is 5.97 Å². The summed E-state index contributed by atoms with van der Waals surface area (Å²) in [5.41, 5.74) is -0.705. The molecular formula is C14H23NO4. The zero-order valence-electron chi connectivity index (χ0n) is 12.4.